The first kappa shape index (κ1) is 25.3. The number of carbonyl (C=O) groups is 1. The van der Waals surface area contributed by atoms with Crippen LogP contribution in [0.4, 0.5) is 0 Å². The quantitative estimate of drug-likeness (QED) is 0.270. The zero-order valence-corrected chi connectivity index (χ0v) is 21.2. The molecule has 2 aromatic carbocycles. The molecule has 0 unspecified atom stereocenters. The predicted octanol–water partition coefficient (Wildman–Crippen LogP) is 3.55. The monoisotopic (exact) mass is 524 g/mol. The number of aromatic hydroxyl groups is 1. The van der Waals surface area contributed by atoms with Crippen LogP contribution in [0.5, 0.6) is 5.88 Å². The highest BCUT2D eigenvalue weighted by molar-refractivity contribution is 7.89. The molecule has 36 heavy (non-hydrogen) atoms. The van der Waals surface area contributed by atoms with E-state index in [2.05, 4.69) is 10.5 Å². The highest BCUT2D eigenvalue weighted by atomic mass is 32.2. The second-order valence-corrected chi connectivity index (χ2v) is 10.6. The van der Waals surface area contributed by atoms with Crippen LogP contribution in [0.15, 0.2) is 80.8 Å². The molecule has 0 spiro atoms. The minimum absolute atomic E-state index is 0.00147. The molecule has 2 heterocycles. The van der Waals surface area contributed by atoms with Crippen molar-refractivity contribution in [2.24, 2.45) is 5.10 Å². The second-order valence-electron chi connectivity index (χ2n) is 7.69. The lowest BCUT2D eigenvalue weighted by atomic mass is 10.1. The van der Waals surface area contributed by atoms with E-state index in [9.17, 15) is 23.1 Å². The summed E-state index contributed by atoms with van der Waals surface area (Å²) in [6, 6.07) is 15.9. The van der Waals surface area contributed by atoms with E-state index in [1.807, 2.05) is 0 Å². The van der Waals surface area contributed by atoms with E-state index in [0.717, 1.165) is 4.57 Å². The summed E-state index contributed by atoms with van der Waals surface area (Å²) in [4.78, 5) is 26.1. The number of carbonyl (C=O) groups excluding carboxylic acids is 1. The van der Waals surface area contributed by atoms with Crippen LogP contribution in [-0.4, -0.2) is 47.6 Å². The second kappa shape index (κ2) is 10.4. The van der Waals surface area contributed by atoms with Crippen LogP contribution in [0.1, 0.15) is 29.1 Å². The van der Waals surface area contributed by atoms with Crippen LogP contribution in [-0.2, 0) is 10.0 Å². The number of rotatable bonds is 8. The van der Waals surface area contributed by atoms with Crippen LogP contribution in [0.3, 0.4) is 0 Å². The largest absolute Gasteiger partial charge is 0.494 e. The summed E-state index contributed by atoms with van der Waals surface area (Å²) in [5, 5.41) is 17.6. The molecule has 186 valence electrons. The molecule has 0 aliphatic carbocycles. The molecule has 0 saturated heterocycles. The van der Waals surface area contributed by atoms with Gasteiger partial charge in [-0.2, -0.15) is 9.41 Å². The third-order valence-corrected chi connectivity index (χ3v) is 8.54. The van der Waals surface area contributed by atoms with Gasteiger partial charge in [-0.25, -0.2) is 18.4 Å². The molecule has 4 aromatic rings. The Balaban J connectivity index is 1.84. The molecule has 0 bridgehead atoms. The van der Waals surface area contributed by atoms with Gasteiger partial charge in [0.05, 0.1) is 27.2 Å². The van der Waals surface area contributed by atoms with E-state index in [0.29, 0.717) is 28.7 Å². The first-order valence-electron chi connectivity index (χ1n) is 11.1. The highest BCUT2D eigenvalue weighted by Crippen LogP contribution is 2.27. The summed E-state index contributed by atoms with van der Waals surface area (Å²) in [6.07, 6.45) is 1.26. The van der Waals surface area contributed by atoms with Gasteiger partial charge >= 0.3 is 0 Å². The van der Waals surface area contributed by atoms with Crippen LogP contribution in [0, 0.1) is 0 Å². The average molecular weight is 525 g/mol. The SMILES string of the molecule is CCN(CC)S(=O)(=O)c1cccc(-n2c(O)c(C=NNC(=O)c3cccs3)c3ccccc3c2=O)c1. The summed E-state index contributed by atoms with van der Waals surface area (Å²) >= 11 is 1.26. The molecule has 4 rings (SSSR count). The van der Waals surface area contributed by atoms with Gasteiger partial charge in [-0.1, -0.05) is 44.2 Å². The number of fused-ring (bicyclic) bond motifs is 1. The Morgan fingerprint density at radius 2 is 1.81 bits per heavy atom. The van der Waals surface area contributed by atoms with Gasteiger partial charge < -0.3 is 5.11 Å². The zero-order chi connectivity index (χ0) is 25.9. The Kier molecular flexibility index (Phi) is 7.34. The zero-order valence-electron chi connectivity index (χ0n) is 19.6. The maximum absolute atomic E-state index is 13.4. The van der Waals surface area contributed by atoms with E-state index in [4.69, 9.17) is 0 Å². The number of amides is 1. The van der Waals surface area contributed by atoms with Crippen molar-refractivity contribution < 1.29 is 18.3 Å². The standard InChI is InChI=1S/C25H24N4O5S2/c1-3-28(4-2)36(33,34)18-10-7-9-17(15-18)29-24(31)20-12-6-5-11-19(20)21(25(29)32)16-26-27-23(30)22-13-8-14-35-22/h5-16,32H,3-4H2,1-2H3,(H,27,30). The van der Waals surface area contributed by atoms with Crippen molar-refractivity contribution in [3.05, 3.63) is 86.8 Å². The lowest BCUT2D eigenvalue weighted by molar-refractivity contribution is 0.0959. The fourth-order valence-electron chi connectivity index (χ4n) is 3.84. The summed E-state index contributed by atoms with van der Waals surface area (Å²) in [6.45, 7) is 4.07. The highest BCUT2D eigenvalue weighted by Gasteiger charge is 2.23. The smallest absolute Gasteiger partial charge is 0.281 e. The molecule has 0 saturated carbocycles. The van der Waals surface area contributed by atoms with E-state index in [1.54, 1.807) is 55.6 Å². The number of sulfonamides is 1. The van der Waals surface area contributed by atoms with Crippen LogP contribution < -0.4 is 11.0 Å². The van der Waals surface area contributed by atoms with Crippen molar-refractivity contribution in [1.82, 2.24) is 14.3 Å². The molecule has 0 aliphatic rings. The summed E-state index contributed by atoms with van der Waals surface area (Å²) < 4.78 is 28.4. The van der Waals surface area contributed by atoms with Gasteiger partial charge in [-0.05, 0) is 35.7 Å². The molecule has 0 radical (unpaired) electrons. The normalized spacial score (nSPS) is 12.0. The summed E-state index contributed by atoms with van der Waals surface area (Å²) in [7, 11) is -3.79. The Labute approximate surface area is 212 Å². The summed E-state index contributed by atoms with van der Waals surface area (Å²) in [5.74, 6) is -0.849. The first-order chi connectivity index (χ1) is 17.3. The molecule has 2 N–H and O–H groups in total. The third kappa shape index (κ3) is 4.68. The average Bonchev–Trinajstić information content (AvgIpc) is 3.42. The van der Waals surface area contributed by atoms with E-state index >= 15 is 0 Å². The van der Waals surface area contributed by atoms with E-state index in [-0.39, 0.29) is 16.1 Å². The molecule has 11 heteroatoms. The van der Waals surface area contributed by atoms with Crippen molar-refractivity contribution in [2.75, 3.05) is 13.1 Å². The number of nitrogens with one attached hydrogen (secondary N) is 1. The van der Waals surface area contributed by atoms with E-state index in [1.165, 1.54) is 46.1 Å². The Hall–Kier alpha value is -3.80. The van der Waals surface area contributed by atoms with Gasteiger partial charge in [0.25, 0.3) is 11.5 Å². The maximum Gasteiger partial charge on any atom is 0.281 e. The van der Waals surface area contributed by atoms with Gasteiger partial charge in [0.15, 0.2) is 0 Å². The number of thiophene rings is 1. The molecular formula is C25H24N4O5S2. The molecule has 2 aromatic heterocycles. The van der Waals surface area contributed by atoms with Gasteiger partial charge in [0.1, 0.15) is 0 Å². The number of hydrogen-bond donors (Lipinski definition) is 2. The molecule has 0 fully saturated rings. The number of benzene rings is 2. The van der Waals surface area contributed by atoms with Gasteiger partial charge in [-0.15, -0.1) is 11.3 Å². The maximum atomic E-state index is 13.4. The van der Waals surface area contributed by atoms with Crippen LogP contribution in [0.25, 0.3) is 16.5 Å². The number of hydrazone groups is 1. The van der Waals surface area contributed by atoms with Crippen molar-refractivity contribution in [2.45, 2.75) is 18.7 Å². The number of hydrogen-bond acceptors (Lipinski definition) is 7. The molecule has 0 aliphatic heterocycles. The van der Waals surface area contributed by atoms with Crippen molar-refractivity contribution >= 4 is 44.3 Å². The number of aromatic nitrogens is 1. The van der Waals surface area contributed by atoms with Crippen molar-refractivity contribution in [3.63, 3.8) is 0 Å². The number of pyridine rings is 1. The molecule has 1 amide bonds. The van der Waals surface area contributed by atoms with Crippen molar-refractivity contribution in [3.8, 4) is 11.6 Å². The molecule has 0 atom stereocenters. The third-order valence-electron chi connectivity index (χ3n) is 5.63. The topological polar surface area (TPSA) is 121 Å². The van der Waals surface area contributed by atoms with E-state index < -0.39 is 27.4 Å². The molecule has 9 nitrogen and oxygen atoms in total. The van der Waals surface area contributed by atoms with Crippen LogP contribution >= 0.6 is 11.3 Å². The Bertz CT molecular complexity index is 1610. The fourth-order valence-corrected chi connectivity index (χ4v) is 5.95. The van der Waals surface area contributed by atoms with Crippen molar-refractivity contribution in [1.29, 1.82) is 0 Å². The predicted molar refractivity (Wildman–Crippen MR) is 141 cm³/mol. The Morgan fingerprint density at radius 3 is 2.47 bits per heavy atom. The minimum atomic E-state index is -3.79. The first-order valence-corrected chi connectivity index (χ1v) is 13.5. The minimum Gasteiger partial charge on any atom is -0.494 e. The van der Waals surface area contributed by atoms with Gasteiger partial charge in [-0.3, -0.25) is 9.59 Å². The fraction of sp³-hybridized carbons (Fsp3) is 0.160. The molecular weight excluding hydrogens is 500 g/mol. The van der Waals surface area contributed by atoms with Gasteiger partial charge in [0, 0.05) is 23.9 Å². The Morgan fingerprint density at radius 1 is 1.08 bits per heavy atom. The van der Waals surface area contributed by atoms with Crippen LogP contribution in [0.2, 0.25) is 0 Å². The lowest BCUT2D eigenvalue weighted by Gasteiger charge is -2.19. The lowest BCUT2D eigenvalue weighted by Crippen LogP contribution is -2.30. The summed E-state index contributed by atoms with van der Waals surface area (Å²) in [5.41, 5.74) is 2.25. The van der Waals surface area contributed by atoms with Gasteiger partial charge in [0.2, 0.25) is 15.9 Å². The number of nitrogens with zero attached hydrogens (tertiary/aromatic N) is 3.